The van der Waals surface area contributed by atoms with Gasteiger partial charge in [-0.15, -0.1) is 43.6 Å². The molecule has 0 unspecified atom stereocenters. The van der Waals surface area contributed by atoms with Crippen LogP contribution in [0.25, 0.3) is 0 Å². The van der Waals surface area contributed by atoms with Gasteiger partial charge >= 0.3 is 0 Å². The molecule has 0 bridgehead atoms. The number of halogens is 3. The summed E-state index contributed by atoms with van der Waals surface area (Å²) in [5.41, 5.74) is 0. The van der Waals surface area contributed by atoms with Gasteiger partial charge < -0.3 is 0 Å². The average Bonchev–Trinajstić information content (AvgIpc) is 2.08. The third kappa shape index (κ3) is 8.29. The molecular formula is C8H16Cl3SiTi-. The maximum atomic E-state index is 3.36. The topological polar surface area (TPSA) is 0 Å². The van der Waals surface area contributed by atoms with Crippen molar-refractivity contribution in [2.75, 3.05) is 0 Å². The average molecular weight is 295 g/mol. The summed E-state index contributed by atoms with van der Waals surface area (Å²) < 4.78 is 0. The summed E-state index contributed by atoms with van der Waals surface area (Å²) in [6.07, 6.45) is 8.82. The van der Waals surface area contributed by atoms with Gasteiger partial charge in [0.05, 0.1) is 0 Å². The molecule has 13 heavy (non-hydrogen) atoms. The van der Waals surface area contributed by atoms with Gasteiger partial charge in [-0.2, -0.15) is 6.08 Å². The first-order chi connectivity index (χ1) is 4.11. The van der Waals surface area contributed by atoms with Gasteiger partial charge in [-0.3, -0.25) is 6.08 Å². The van der Waals surface area contributed by atoms with E-state index < -0.39 is 8.07 Å². The predicted octanol–water partition coefficient (Wildman–Crippen LogP) is 3.82. The van der Waals surface area contributed by atoms with E-state index in [0.29, 0.717) is 0 Å². The van der Waals surface area contributed by atoms with Crippen molar-refractivity contribution in [2.45, 2.75) is 26.1 Å². The molecule has 0 spiro atoms. The van der Waals surface area contributed by atoms with Gasteiger partial charge in [0.2, 0.25) is 0 Å². The Morgan fingerprint density at radius 1 is 1.15 bits per heavy atom. The van der Waals surface area contributed by atoms with Gasteiger partial charge in [-0.25, -0.2) is 11.3 Å². The first-order valence-corrected chi connectivity index (χ1v) is 6.88. The quantitative estimate of drug-likeness (QED) is 0.509. The molecular weight excluding hydrogens is 278 g/mol. The van der Waals surface area contributed by atoms with Crippen LogP contribution < -0.4 is 0 Å². The van der Waals surface area contributed by atoms with Gasteiger partial charge in [-0.05, 0) is 0 Å². The molecule has 1 aliphatic rings. The predicted molar refractivity (Wildman–Crippen MR) is 65.6 cm³/mol. The Hall–Kier alpha value is 1.28. The van der Waals surface area contributed by atoms with E-state index in [9.17, 15) is 0 Å². The molecule has 0 aromatic rings. The van der Waals surface area contributed by atoms with Crippen molar-refractivity contribution < 1.29 is 21.7 Å². The van der Waals surface area contributed by atoms with Crippen LogP contribution in [0.15, 0.2) is 17.3 Å². The second-order valence-corrected chi connectivity index (χ2v) is 8.49. The molecule has 0 aliphatic heterocycles. The van der Waals surface area contributed by atoms with E-state index in [2.05, 4.69) is 37.9 Å². The molecule has 0 radical (unpaired) electrons. The molecule has 0 N–H and O–H groups in total. The monoisotopic (exact) mass is 293 g/mol. The van der Waals surface area contributed by atoms with E-state index in [1.807, 2.05) is 0 Å². The van der Waals surface area contributed by atoms with E-state index in [1.165, 1.54) is 5.20 Å². The van der Waals surface area contributed by atoms with Crippen molar-refractivity contribution in [1.82, 2.24) is 0 Å². The Morgan fingerprint density at radius 2 is 1.62 bits per heavy atom. The molecule has 0 aromatic carbocycles. The zero-order valence-corrected chi connectivity index (χ0v) is 13.1. The summed E-state index contributed by atoms with van der Waals surface area (Å²) in [6, 6.07) is 0. The number of hydrogen-bond donors (Lipinski definition) is 0. The Morgan fingerprint density at radius 3 is 1.77 bits per heavy atom. The minimum Gasteiger partial charge on any atom is -0.274 e. The molecule has 0 fully saturated rings. The normalized spacial score (nSPS) is 12.7. The maximum Gasteiger partial charge on any atom is 0.0393 e. The summed E-state index contributed by atoms with van der Waals surface area (Å²) in [6.45, 7) is 7.06. The molecule has 1 rings (SSSR count). The fourth-order valence-electron chi connectivity index (χ4n) is 0.920. The van der Waals surface area contributed by atoms with E-state index in [4.69, 9.17) is 0 Å². The second-order valence-electron chi connectivity index (χ2n) is 3.45. The molecule has 0 amide bonds. The Bertz CT molecular complexity index is 173. The van der Waals surface area contributed by atoms with Crippen LogP contribution in [0.4, 0.5) is 0 Å². The van der Waals surface area contributed by atoms with Gasteiger partial charge in [0.25, 0.3) is 0 Å². The molecule has 0 nitrogen and oxygen atoms in total. The Labute approximate surface area is 116 Å². The molecule has 78 valence electrons. The molecule has 5 heteroatoms. The van der Waals surface area contributed by atoms with Crippen molar-refractivity contribution in [2.24, 2.45) is 0 Å². The minimum absolute atomic E-state index is 0. The smallest absolute Gasteiger partial charge is 0.0393 e. The minimum atomic E-state index is -1.01. The summed E-state index contributed by atoms with van der Waals surface area (Å²) in [5.74, 6) is 0. The molecule has 0 saturated carbocycles. The molecule has 0 atom stereocenters. The van der Waals surface area contributed by atoms with Crippen LogP contribution in [-0.4, -0.2) is 8.07 Å². The first kappa shape index (κ1) is 23.8. The van der Waals surface area contributed by atoms with Gasteiger partial charge in [-0.1, -0.05) is 19.6 Å². The van der Waals surface area contributed by atoms with Crippen molar-refractivity contribution in [3.8, 4) is 0 Å². The first-order valence-electron chi connectivity index (χ1n) is 3.38. The molecule has 0 heterocycles. The number of allylic oxidation sites excluding steroid dienone is 4. The number of hydrogen-bond acceptors (Lipinski definition) is 0. The van der Waals surface area contributed by atoms with Crippen LogP contribution in [-0.2, 0) is 21.7 Å². The van der Waals surface area contributed by atoms with Crippen molar-refractivity contribution >= 4 is 45.3 Å². The largest absolute Gasteiger partial charge is 0.274 e. The maximum absolute atomic E-state index is 3.36. The molecule has 0 saturated heterocycles. The zero-order valence-electron chi connectivity index (χ0n) is 8.09. The van der Waals surface area contributed by atoms with E-state index in [0.717, 1.165) is 6.42 Å². The van der Waals surface area contributed by atoms with E-state index in [1.54, 1.807) is 0 Å². The van der Waals surface area contributed by atoms with Crippen LogP contribution in [0.2, 0.25) is 19.6 Å². The third-order valence-corrected chi connectivity index (χ3v) is 3.46. The summed E-state index contributed by atoms with van der Waals surface area (Å²) in [4.78, 5) is 0. The second kappa shape index (κ2) is 9.82. The Kier molecular flexibility index (Phi) is 18.0. The number of rotatable bonds is 1. The standard InChI is InChI=1S/C8H13Si.3ClH.Ti/c1-9(2,3)8-6-4-5-7-8;;;;/h4,6H,5H2,1-3H3;3*1H;/q-1;;;;. The fourth-order valence-corrected chi connectivity index (χ4v) is 2.17. The van der Waals surface area contributed by atoms with E-state index in [-0.39, 0.29) is 58.9 Å². The van der Waals surface area contributed by atoms with Crippen molar-refractivity contribution in [3.63, 3.8) is 0 Å². The van der Waals surface area contributed by atoms with Crippen LogP contribution in [0.5, 0.6) is 0 Å². The van der Waals surface area contributed by atoms with Crippen LogP contribution in [0, 0.1) is 6.08 Å². The van der Waals surface area contributed by atoms with Gasteiger partial charge in [0, 0.05) is 29.8 Å². The summed E-state index contributed by atoms with van der Waals surface area (Å²) in [7, 11) is -1.01. The van der Waals surface area contributed by atoms with Gasteiger partial charge in [0.15, 0.2) is 0 Å². The van der Waals surface area contributed by atoms with Crippen LogP contribution in [0.3, 0.4) is 0 Å². The summed E-state index contributed by atoms with van der Waals surface area (Å²) >= 11 is 0. The zero-order chi connectivity index (χ0) is 6.91. The van der Waals surface area contributed by atoms with E-state index >= 15 is 0 Å². The van der Waals surface area contributed by atoms with Crippen molar-refractivity contribution in [1.29, 1.82) is 0 Å². The molecule has 1 aliphatic carbocycles. The van der Waals surface area contributed by atoms with Crippen LogP contribution >= 0.6 is 37.2 Å². The molecule has 0 aromatic heterocycles. The fraction of sp³-hybridized carbons (Fsp3) is 0.500. The summed E-state index contributed by atoms with van der Waals surface area (Å²) in [5, 5.41) is 1.49. The third-order valence-electron chi connectivity index (χ3n) is 1.50. The van der Waals surface area contributed by atoms with Crippen molar-refractivity contribution in [3.05, 3.63) is 23.4 Å². The van der Waals surface area contributed by atoms with Gasteiger partial charge in [0.1, 0.15) is 0 Å². The van der Waals surface area contributed by atoms with Crippen LogP contribution in [0.1, 0.15) is 6.42 Å². The SMILES string of the molecule is C[Si](C)(C)C1=[C-]CC=C1.Cl.Cl.Cl.[Ti]. The Balaban J connectivity index is -0.000000101.